The summed E-state index contributed by atoms with van der Waals surface area (Å²) in [5.41, 5.74) is -0.192. The second kappa shape index (κ2) is 5.39. The van der Waals surface area contributed by atoms with Crippen LogP contribution in [-0.2, 0) is 9.59 Å². The molecule has 1 aromatic rings. The zero-order valence-electron chi connectivity index (χ0n) is 13.1. The van der Waals surface area contributed by atoms with E-state index in [1.54, 1.807) is 32.9 Å². The van der Waals surface area contributed by atoms with Gasteiger partial charge in [0.2, 0.25) is 5.91 Å². The molecule has 1 atom stereocenters. The number of anilines is 1. The normalized spacial score (nSPS) is 21.4. The molecule has 0 aromatic heterocycles. The van der Waals surface area contributed by atoms with Gasteiger partial charge >= 0.3 is 0 Å². The van der Waals surface area contributed by atoms with Gasteiger partial charge in [0, 0.05) is 5.69 Å². The van der Waals surface area contributed by atoms with E-state index >= 15 is 0 Å². The van der Waals surface area contributed by atoms with E-state index in [0.29, 0.717) is 5.69 Å². The maximum absolute atomic E-state index is 12.5. The quantitative estimate of drug-likeness (QED) is 0.927. The molecule has 0 spiro atoms. The molecule has 1 aromatic carbocycles. The molecule has 2 amide bonds. The molecule has 1 fully saturated rings. The van der Waals surface area contributed by atoms with E-state index in [-0.39, 0.29) is 17.9 Å². The van der Waals surface area contributed by atoms with Crippen molar-refractivity contribution in [3.63, 3.8) is 0 Å². The van der Waals surface area contributed by atoms with Gasteiger partial charge in [0.05, 0.1) is 6.10 Å². The van der Waals surface area contributed by atoms with Crippen LogP contribution in [0.5, 0.6) is 5.75 Å². The van der Waals surface area contributed by atoms with Crippen molar-refractivity contribution in [2.45, 2.75) is 52.3 Å². The number of hydrogen-bond donors (Lipinski definition) is 1. The van der Waals surface area contributed by atoms with E-state index < -0.39 is 11.6 Å². The van der Waals surface area contributed by atoms with Crippen LogP contribution in [0.15, 0.2) is 24.3 Å². The highest BCUT2D eigenvalue weighted by molar-refractivity contribution is 6.10. The maximum atomic E-state index is 12.5. The highest BCUT2D eigenvalue weighted by Crippen LogP contribution is 2.27. The van der Waals surface area contributed by atoms with Crippen molar-refractivity contribution in [2.75, 3.05) is 4.90 Å². The lowest BCUT2D eigenvalue weighted by Crippen LogP contribution is -2.67. The third kappa shape index (κ3) is 3.01. The van der Waals surface area contributed by atoms with Crippen LogP contribution in [0.3, 0.4) is 0 Å². The molecular weight excluding hydrogens is 268 g/mol. The third-order valence-corrected chi connectivity index (χ3v) is 3.44. The number of amides is 2. The van der Waals surface area contributed by atoms with Crippen LogP contribution in [0, 0.1) is 0 Å². The molecular formula is C16H22N2O3. The van der Waals surface area contributed by atoms with Gasteiger partial charge in [0.1, 0.15) is 17.3 Å². The van der Waals surface area contributed by atoms with E-state index in [0.717, 1.165) is 5.75 Å². The molecule has 1 N–H and O–H groups in total. The molecule has 5 nitrogen and oxygen atoms in total. The number of ether oxygens (including phenoxy) is 1. The standard InChI is InChI=1S/C16H22N2O3/c1-10(2)21-13-8-6-12(7-9-13)18-11(3)14(19)17-16(4,5)15(18)20/h6-11H,1-5H3,(H,17,19). The van der Waals surface area contributed by atoms with E-state index in [4.69, 9.17) is 4.74 Å². The van der Waals surface area contributed by atoms with Gasteiger partial charge in [-0.15, -0.1) is 0 Å². The Morgan fingerprint density at radius 1 is 1.19 bits per heavy atom. The maximum Gasteiger partial charge on any atom is 0.252 e. The molecule has 1 aliphatic rings. The van der Waals surface area contributed by atoms with Crippen molar-refractivity contribution in [1.29, 1.82) is 0 Å². The molecule has 0 aliphatic carbocycles. The summed E-state index contributed by atoms with van der Waals surface area (Å²) in [7, 11) is 0. The Hall–Kier alpha value is -2.04. The molecule has 0 saturated carbocycles. The topological polar surface area (TPSA) is 58.6 Å². The van der Waals surface area contributed by atoms with Gasteiger partial charge < -0.3 is 10.1 Å². The highest BCUT2D eigenvalue weighted by Gasteiger charge is 2.43. The SMILES string of the molecule is CC(C)Oc1ccc(N2C(=O)C(C)(C)NC(=O)C2C)cc1. The van der Waals surface area contributed by atoms with Gasteiger partial charge in [-0.2, -0.15) is 0 Å². The highest BCUT2D eigenvalue weighted by atomic mass is 16.5. The summed E-state index contributed by atoms with van der Waals surface area (Å²) in [5, 5.41) is 2.74. The first kappa shape index (κ1) is 15.4. The van der Waals surface area contributed by atoms with Crippen molar-refractivity contribution < 1.29 is 14.3 Å². The van der Waals surface area contributed by atoms with E-state index in [1.807, 2.05) is 26.0 Å². The summed E-state index contributed by atoms with van der Waals surface area (Å²) in [5.74, 6) is 0.476. The third-order valence-electron chi connectivity index (χ3n) is 3.44. The van der Waals surface area contributed by atoms with Gasteiger partial charge in [-0.3, -0.25) is 14.5 Å². The fourth-order valence-corrected chi connectivity index (χ4v) is 2.36. The van der Waals surface area contributed by atoms with Crippen molar-refractivity contribution in [1.82, 2.24) is 5.32 Å². The molecule has 21 heavy (non-hydrogen) atoms. The fraction of sp³-hybridized carbons (Fsp3) is 0.500. The second-order valence-corrected chi connectivity index (χ2v) is 6.13. The van der Waals surface area contributed by atoms with Crippen molar-refractivity contribution in [3.8, 4) is 5.75 Å². The summed E-state index contributed by atoms with van der Waals surface area (Å²) in [6.45, 7) is 9.06. The lowest BCUT2D eigenvalue weighted by atomic mass is 9.96. The zero-order chi connectivity index (χ0) is 15.8. The molecule has 0 radical (unpaired) electrons. The molecule has 1 saturated heterocycles. The Balaban J connectivity index is 2.30. The van der Waals surface area contributed by atoms with Crippen molar-refractivity contribution in [2.24, 2.45) is 0 Å². The first-order chi connectivity index (χ1) is 9.72. The first-order valence-electron chi connectivity index (χ1n) is 7.15. The molecule has 1 unspecified atom stereocenters. The minimum absolute atomic E-state index is 0.0936. The zero-order valence-corrected chi connectivity index (χ0v) is 13.1. The van der Waals surface area contributed by atoms with Crippen molar-refractivity contribution >= 4 is 17.5 Å². The van der Waals surface area contributed by atoms with Gasteiger partial charge in [0.15, 0.2) is 0 Å². The van der Waals surface area contributed by atoms with Crippen LogP contribution in [0.4, 0.5) is 5.69 Å². The smallest absolute Gasteiger partial charge is 0.252 e. The number of nitrogens with one attached hydrogen (secondary N) is 1. The van der Waals surface area contributed by atoms with Crippen LogP contribution in [0.2, 0.25) is 0 Å². The Bertz CT molecular complexity index is 549. The predicted octanol–water partition coefficient (Wildman–Crippen LogP) is 2.10. The Kier molecular flexibility index (Phi) is 3.94. The Morgan fingerprint density at radius 2 is 1.76 bits per heavy atom. The van der Waals surface area contributed by atoms with Crippen LogP contribution >= 0.6 is 0 Å². The molecule has 114 valence electrons. The summed E-state index contributed by atoms with van der Waals surface area (Å²) >= 11 is 0. The minimum atomic E-state index is -0.892. The molecule has 1 aliphatic heterocycles. The van der Waals surface area contributed by atoms with E-state index in [9.17, 15) is 9.59 Å². The molecule has 0 bridgehead atoms. The van der Waals surface area contributed by atoms with E-state index in [1.165, 1.54) is 4.90 Å². The summed E-state index contributed by atoms with van der Waals surface area (Å²) in [4.78, 5) is 26.1. The van der Waals surface area contributed by atoms with Crippen molar-refractivity contribution in [3.05, 3.63) is 24.3 Å². The number of carbonyl (C=O) groups excluding carboxylic acids is 2. The molecule has 2 rings (SSSR count). The largest absolute Gasteiger partial charge is 0.491 e. The van der Waals surface area contributed by atoms with Crippen LogP contribution < -0.4 is 15.0 Å². The number of nitrogens with zero attached hydrogens (tertiary/aromatic N) is 1. The number of rotatable bonds is 3. The van der Waals surface area contributed by atoms with Crippen LogP contribution in [0.1, 0.15) is 34.6 Å². The van der Waals surface area contributed by atoms with Crippen LogP contribution in [-0.4, -0.2) is 29.5 Å². The summed E-state index contributed by atoms with van der Waals surface area (Å²) in [6, 6.07) is 6.72. The molecule has 5 heteroatoms. The Morgan fingerprint density at radius 3 is 2.29 bits per heavy atom. The molecule has 1 heterocycles. The monoisotopic (exact) mass is 290 g/mol. The fourth-order valence-electron chi connectivity index (χ4n) is 2.36. The summed E-state index contributed by atoms with van der Waals surface area (Å²) < 4.78 is 5.59. The number of benzene rings is 1. The van der Waals surface area contributed by atoms with Gasteiger partial charge in [0.25, 0.3) is 5.91 Å². The predicted molar refractivity (Wildman–Crippen MR) is 81.4 cm³/mol. The lowest BCUT2D eigenvalue weighted by molar-refractivity contribution is -0.136. The lowest BCUT2D eigenvalue weighted by Gasteiger charge is -2.41. The van der Waals surface area contributed by atoms with Gasteiger partial charge in [-0.05, 0) is 58.9 Å². The van der Waals surface area contributed by atoms with Crippen LogP contribution in [0.25, 0.3) is 0 Å². The Labute approximate surface area is 125 Å². The second-order valence-electron chi connectivity index (χ2n) is 6.13. The minimum Gasteiger partial charge on any atom is -0.491 e. The average molecular weight is 290 g/mol. The van der Waals surface area contributed by atoms with E-state index in [2.05, 4.69) is 5.32 Å². The summed E-state index contributed by atoms with van der Waals surface area (Å²) in [6.07, 6.45) is 0.0936. The van der Waals surface area contributed by atoms with Gasteiger partial charge in [-0.25, -0.2) is 0 Å². The average Bonchev–Trinajstić information content (AvgIpc) is 2.38. The number of hydrogen-bond acceptors (Lipinski definition) is 3. The number of piperazine rings is 1. The first-order valence-corrected chi connectivity index (χ1v) is 7.15. The van der Waals surface area contributed by atoms with Gasteiger partial charge in [-0.1, -0.05) is 0 Å². The number of carbonyl (C=O) groups is 2.